The second-order valence-corrected chi connectivity index (χ2v) is 11.3. The molecule has 0 saturated carbocycles. The van der Waals surface area contributed by atoms with E-state index in [0.717, 1.165) is 32.1 Å². The zero-order valence-corrected chi connectivity index (χ0v) is 21.1. The van der Waals surface area contributed by atoms with E-state index in [1.807, 2.05) is 0 Å². The Labute approximate surface area is 175 Å². The summed E-state index contributed by atoms with van der Waals surface area (Å²) in [6.45, 7) is 25.5. The first kappa shape index (κ1) is 27.8. The molecule has 0 aromatic rings. The highest BCUT2D eigenvalue weighted by Gasteiger charge is 2.43. The highest BCUT2D eigenvalue weighted by molar-refractivity contribution is 4.84. The van der Waals surface area contributed by atoms with Crippen LogP contribution in [0.25, 0.3) is 0 Å². The molecule has 0 aliphatic rings. The predicted molar refractivity (Wildman–Crippen MR) is 118 cm³/mol. The maximum absolute atomic E-state index is 6.10. The van der Waals surface area contributed by atoms with Gasteiger partial charge in [-0.05, 0) is 44.9 Å². The van der Waals surface area contributed by atoms with E-state index in [0.29, 0.717) is 0 Å². The normalized spacial score (nSPS) is 14.6. The van der Waals surface area contributed by atoms with Crippen LogP contribution in [0.5, 0.6) is 0 Å². The number of rotatable bonds is 13. The van der Waals surface area contributed by atoms with Gasteiger partial charge in [-0.1, -0.05) is 81.1 Å². The van der Waals surface area contributed by atoms with Crippen molar-refractivity contribution >= 4 is 0 Å². The third-order valence-electron chi connectivity index (χ3n) is 6.46. The summed E-state index contributed by atoms with van der Waals surface area (Å²) in [4.78, 5) is 24.2. The van der Waals surface area contributed by atoms with E-state index in [9.17, 15) is 0 Å². The van der Waals surface area contributed by atoms with Crippen molar-refractivity contribution in [3.8, 4) is 0 Å². The second-order valence-electron chi connectivity index (χ2n) is 11.3. The van der Waals surface area contributed by atoms with Gasteiger partial charge in [0.15, 0.2) is 0 Å². The van der Waals surface area contributed by atoms with Crippen LogP contribution >= 0.6 is 0 Å². The van der Waals surface area contributed by atoms with E-state index < -0.39 is 17.0 Å². The molecule has 0 aromatic heterocycles. The van der Waals surface area contributed by atoms with Gasteiger partial charge in [0.25, 0.3) is 0 Å². The van der Waals surface area contributed by atoms with Gasteiger partial charge in [0.1, 0.15) is 11.2 Å². The first-order valence-corrected chi connectivity index (χ1v) is 11.3. The lowest BCUT2D eigenvalue weighted by Gasteiger charge is -2.43. The molecule has 0 aliphatic heterocycles. The van der Waals surface area contributed by atoms with Gasteiger partial charge in [0.2, 0.25) is 5.79 Å². The standard InChI is InChI=1S/C24H50O4/c1-13-15-16-17-19-24(18-14-2,27-25-22(9,10)20(3,4)5)28-26-23(11,12)21(6,7)8/h13-19H2,1-12H3. The number of unbranched alkanes of at least 4 members (excludes halogenated alkanes) is 3. The summed E-state index contributed by atoms with van der Waals surface area (Å²) in [6.07, 6.45) is 6.98. The molecule has 0 fully saturated rings. The molecule has 0 atom stereocenters. The Hall–Kier alpha value is -0.160. The Morgan fingerprint density at radius 3 is 1.21 bits per heavy atom. The molecule has 4 heteroatoms. The maximum Gasteiger partial charge on any atom is 0.234 e. The fourth-order valence-corrected chi connectivity index (χ4v) is 2.12. The number of hydrogen-bond acceptors (Lipinski definition) is 4. The summed E-state index contributed by atoms with van der Waals surface area (Å²) in [6, 6.07) is 0. The van der Waals surface area contributed by atoms with Gasteiger partial charge in [0, 0.05) is 12.8 Å². The van der Waals surface area contributed by atoms with Gasteiger partial charge >= 0.3 is 0 Å². The van der Waals surface area contributed by atoms with Gasteiger partial charge in [-0.3, -0.25) is 0 Å². The van der Waals surface area contributed by atoms with Crippen molar-refractivity contribution in [3.05, 3.63) is 0 Å². The van der Waals surface area contributed by atoms with Crippen molar-refractivity contribution in [3.63, 3.8) is 0 Å². The van der Waals surface area contributed by atoms with E-state index in [1.54, 1.807) is 0 Å². The van der Waals surface area contributed by atoms with Crippen LogP contribution in [0.2, 0.25) is 0 Å². The number of hydrogen-bond donors (Lipinski definition) is 0. The van der Waals surface area contributed by atoms with Gasteiger partial charge in [-0.25, -0.2) is 9.78 Å². The van der Waals surface area contributed by atoms with Crippen LogP contribution < -0.4 is 0 Å². The third-order valence-corrected chi connectivity index (χ3v) is 6.46. The zero-order chi connectivity index (χ0) is 22.3. The van der Waals surface area contributed by atoms with Crippen LogP contribution in [0.3, 0.4) is 0 Å². The zero-order valence-electron chi connectivity index (χ0n) is 21.1. The van der Waals surface area contributed by atoms with E-state index in [-0.39, 0.29) is 10.8 Å². The van der Waals surface area contributed by atoms with Crippen LogP contribution in [0, 0.1) is 10.8 Å². The summed E-state index contributed by atoms with van der Waals surface area (Å²) in [5, 5.41) is 0. The lowest BCUT2D eigenvalue weighted by Crippen LogP contribution is -2.47. The predicted octanol–water partition coefficient (Wildman–Crippen LogP) is 8.00. The fraction of sp³-hybridized carbons (Fsp3) is 1.00. The van der Waals surface area contributed by atoms with Crippen LogP contribution in [0.4, 0.5) is 0 Å². The first-order chi connectivity index (χ1) is 12.5. The summed E-state index contributed by atoms with van der Waals surface area (Å²) < 4.78 is 0. The summed E-state index contributed by atoms with van der Waals surface area (Å²) in [5.74, 6) is -0.895. The molecule has 170 valence electrons. The van der Waals surface area contributed by atoms with Gasteiger partial charge in [-0.15, -0.1) is 0 Å². The third kappa shape index (κ3) is 8.69. The average Bonchev–Trinajstić information content (AvgIpc) is 2.53. The van der Waals surface area contributed by atoms with Crippen LogP contribution in [-0.2, 0) is 19.6 Å². The highest BCUT2D eigenvalue weighted by Crippen LogP contribution is 2.39. The molecule has 0 spiro atoms. The Morgan fingerprint density at radius 1 is 0.464 bits per heavy atom. The Kier molecular flexibility index (Phi) is 10.7. The molecule has 0 rings (SSSR count). The van der Waals surface area contributed by atoms with Crippen LogP contribution in [0.15, 0.2) is 0 Å². The maximum atomic E-state index is 6.10. The quantitative estimate of drug-likeness (QED) is 0.135. The van der Waals surface area contributed by atoms with Crippen molar-refractivity contribution in [2.45, 2.75) is 145 Å². The van der Waals surface area contributed by atoms with Crippen molar-refractivity contribution < 1.29 is 19.6 Å². The SMILES string of the molecule is CCCCCCC(CCC)(OOC(C)(C)C(C)(C)C)OOC(C)(C)C(C)(C)C. The minimum absolute atomic E-state index is 0.0707. The minimum atomic E-state index is -0.895. The van der Waals surface area contributed by atoms with Gasteiger partial charge in [-0.2, -0.15) is 9.78 Å². The molecular formula is C24H50O4. The lowest BCUT2D eigenvalue weighted by molar-refractivity contribution is -0.554. The molecule has 0 saturated heterocycles. The minimum Gasteiger partial charge on any atom is -0.227 e. The average molecular weight is 403 g/mol. The van der Waals surface area contributed by atoms with Gasteiger partial charge < -0.3 is 0 Å². The molecule has 0 aromatic carbocycles. The Morgan fingerprint density at radius 2 is 0.893 bits per heavy atom. The van der Waals surface area contributed by atoms with Crippen molar-refractivity contribution in [2.75, 3.05) is 0 Å². The molecule has 0 aliphatic carbocycles. The van der Waals surface area contributed by atoms with Gasteiger partial charge in [0.05, 0.1) is 0 Å². The Bertz CT molecular complexity index is 397. The smallest absolute Gasteiger partial charge is 0.227 e. The summed E-state index contributed by atoms with van der Waals surface area (Å²) in [7, 11) is 0. The Balaban J connectivity index is 5.45. The van der Waals surface area contributed by atoms with E-state index in [2.05, 4.69) is 83.1 Å². The summed E-state index contributed by atoms with van der Waals surface area (Å²) in [5.41, 5.74) is -1.06. The molecule has 0 heterocycles. The molecule has 0 radical (unpaired) electrons. The first-order valence-electron chi connectivity index (χ1n) is 11.3. The van der Waals surface area contributed by atoms with E-state index in [4.69, 9.17) is 19.6 Å². The highest BCUT2D eigenvalue weighted by atomic mass is 17.3. The monoisotopic (exact) mass is 402 g/mol. The molecule has 0 bridgehead atoms. The molecule has 4 nitrogen and oxygen atoms in total. The molecular weight excluding hydrogens is 352 g/mol. The molecule has 28 heavy (non-hydrogen) atoms. The summed E-state index contributed by atoms with van der Waals surface area (Å²) >= 11 is 0. The van der Waals surface area contributed by atoms with Crippen LogP contribution in [0.1, 0.15) is 128 Å². The van der Waals surface area contributed by atoms with Crippen molar-refractivity contribution in [1.29, 1.82) is 0 Å². The largest absolute Gasteiger partial charge is 0.234 e. The topological polar surface area (TPSA) is 36.9 Å². The van der Waals surface area contributed by atoms with Crippen LogP contribution in [-0.4, -0.2) is 17.0 Å². The van der Waals surface area contributed by atoms with Crippen molar-refractivity contribution in [2.24, 2.45) is 10.8 Å². The molecule has 0 N–H and O–H groups in total. The molecule has 0 amide bonds. The van der Waals surface area contributed by atoms with E-state index >= 15 is 0 Å². The molecule has 0 unspecified atom stereocenters. The second kappa shape index (κ2) is 10.7. The van der Waals surface area contributed by atoms with E-state index in [1.165, 1.54) is 12.8 Å². The van der Waals surface area contributed by atoms with Crippen molar-refractivity contribution in [1.82, 2.24) is 0 Å². The lowest BCUT2D eigenvalue weighted by atomic mass is 9.79. The fourth-order valence-electron chi connectivity index (χ4n) is 2.12.